The van der Waals surface area contributed by atoms with E-state index in [1.807, 2.05) is 51.1 Å². The zero-order chi connectivity index (χ0) is 13.6. The van der Waals surface area contributed by atoms with Gasteiger partial charge in [-0.1, -0.05) is 51.1 Å². The molecule has 1 rings (SSSR count). The largest absolute Gasteiger partial charge is 0.445 e. The van der Waals surface area contributed by atoms with Crippen molar-refractivity contribution < 1.29 is 9.53 Å². The van der Waals surface area contributed by atoms with Gasteiger partial charge in [-0.15, -0.1) is 0 Å². The maximum absolute atomic E-state index is 11.6. The van der Waals surface area contributed by atoms with Crippen LogP contribution >= 0.6 is 0 Å². The van der Waals surface area contributed by atoms with Crippen LogP contribution in [0.3, 0.4) is 0 Å². The number of hydrogen-bond acceptors (Lipinski definition) is 3. The zero-order valence-corrected chi connectivity index (χ0v) is 11.3. The lowest BCUT2D eigenvalue weighted by atomic mass is 9.87. The van der Waals surface area contributed by atoms with Gasteiger partial charge in [-0.2, -0.15) is 0 Å². The first-order chi connectivity index (χ1) is 8.43. The van der Waals surface area contributed by atoms with Crippen molar-refractivity contribution in [2.24, 2.45) is 11.1 Å². The molecule has 4 nitrogen and oxygen atoms in total. The number of nitrogens with one attached hydrogen (secondary N) is 1. The van der Waals surface area contributed by atoms with E-state index in [2.05, 4.69) is 5.32 Å². The van der Waals surface area contributed by atoms with E-state index in [-0.39, 0.29) is 18.1 Å². The van der Waals surface area contributed by atoms with Gasteiger partial charge in [0.05, 0.1) is 0 Å². The lowest BCUT2D eigenvalue weighted by molar-refractivity contribution is 0.127. The smallest absolute Gasteiger partial charge is 0.407 e. The first kappa shape index (κ1) is 14.5. The van der Waals surface area contributed by atoms with Gasteiger partial charge in [0.15, 0.2) is 0 Å². The number of ether oxygens (including phenoxy) is 1. The van der Waals surface area contributed by atoms with Crippen molar-refractivity contribution in [2.45, 2.75) is 33.4 Å². The third-order valence-electron chi connectivity index (χ3n) is 2.79. The van der Waals surface area contributed by atoms with Crippen LogP contribution in [0.25, 0.3) is 0 Å². The fraction of sp³-hybridized carbons (Fsp3) is 0.500. The van der Waals surface area contributed by atoms with Crippen LogP contribution in [0.5, 0.6) is 0 Å². The highest BCUT2D eigenvalue weighted by Gasteiger charge is 2.25. The number of amides is 1. The summed E-state index contributed by atoms with van der Waals surface area (Å²) < 4.78 is 5.15. The summed E-state index contributed by atoms with van der Waals surface area (Å²) >= 11 is 0. The number of nitrogens with two attached hydrogens (primary N) is 1. The molecule has 0 aliphatic carbocycles. The van der Waals surface area contributed by atoms with E-state index in [1.165, 1.54) is 0 Å². The minimum atomic E-state index is -0.427. The average Bonchev–Trinajstić information content (AvgIpc) is 2.33. The van der Waals surface area contributed by atoms with Crippen molar-refractivity contribution in [1.82, 2.24) is 5.32 Å². The molecule has 3 N–H and O–H groups in total. The summed E-state index contributed by atoms with van der Waals surface area (Å²) in [4.78, 5) is 11.6. The van der Waals surface area contributed by atoms with E-state index in [4.69, 9.17) is 10.5 Å². The van der Waals surface area contributed by atoms with Crippen LogP contribution in [0.2, 0.25) is 0 Å². The minimum Gasteiger partial charge on any atom is -0.445 e. The predicted molar refractivity (Wildman–Crippen MR) is 72.1 cm³/mol. The summed E-state index contributed by atoms with van der Waals surface area (Å²) in [5.41, 5.74) is 6.53. The maximum atomic E-state index is 11.6. The molecule has 0 heterocycles. The second-order valence-electron chi connectivity index (χ2n) is 5.36. The van der Waals surface area contributed by atoms with Gasteiger partial charge in [0.2, 0.25) is 0 Å². The molecule has 0 aliphatic rings. The van der Waals surface area contributed by atoms with Gasteiger partial charge in [0.1, 0.15) is 6.61 Å². The van der Waals surface area contributed by atoms with E-state index >= 15 is 0 Å². The summed E-state index contributed by atoms with van der Waals surface area (Å²) in [6.45, 7) is 6.75. The molecule has 18 heavy (non-hydrogen) atoms. The van der Waals surface area contributed by atoms with Gasteiger partial charge in [-0.05, 0) is 11.0 Å². The summed E-state index contributed by atoms with van der Waals surface area (Å²) in [7, 11) is 0. The fourth-order valence-corrected chi connectivity index (χ4v) is 1.54. The van der Waals surface area contributed by atoms with Crippen LogP contribution in [0.15, 0.2) is 30.3 Å². The number of rotatable bonds is 4. The highest BCUT2D eigenvalue weighted by Crippen LogP contribution is 2.18. The summed E-state index contributed by atoms with van der Waals surface area (Å²) in [5, 5.41) is 2.79. The third kappa shape index (κ3) is 4.75. The number of alkyl carbamates (subject to hydrolysis) is 1. The molecule has 0 aliphatic heterocycles. The summed E-state index contributed by atoms with van der Waals surface area (Å²) in [5.74, 6) is 0. The van der Waals surface area contributed by atoms with Crippen molar-refractivity contribution in [3.05, 3.63) is 35.9 Å². The van der Waals surface area contributed by atoms with Gasteiger partial charge >= 0.3 is 6.09 Å². The molecule has 0 spiro atoms. The van der Waals surface area contributed by atoms with E-state index in [0.717, 1.165) is 5.56 Å². The second kappa shape index (κ2) is 6.40. The van der Waals surface area contributed by atoms with Crippen molar-refractivity contribution in [2.75, 3.05) is 6.54 Å². The lowest BCUT2D eigenvalue weighted by Crippen LogP contribution is -2.48. The number of carbonyl (C=O) groups is 1. The van der Waals surface area contributed by atoms with Gasteiger partial charge in [-0.25, -0.2) is 4.79 Å². The minimum absolute atomic E-state index is 0.0828. The van der Waals surface area contributed by atoms with Crippen LogP contribution < -0.4 is 11.1 Å². The van der Waals surface area contributed by atoms with Crippen molar-refractivity contribution in [3.8, 4) is 0 Å². The molecule has 0 saturated heterocycles. The van der Waals surface area contributed by atoms with Crippen molar-refractivity contribution in [3.63, 3.8) is 0 Å². The van der Waals surface area contributed by atoms with Crippen LogP contribution in [-0.2, 0) is 11.3 Å². The van der Waals surface area contributed by atoms with Gasteiger partial charge in [0.25, 0.3) is 0 Å². The SMILES string of the molecule is CC(C)(C)[C@H](CN)NC(=O)OCc1ccccc1. The standard InChI is InChI=1S/C14H22N2O2/c1-14(2,3)12(9-15)16-13(17)18-10-11-7-5-4-6-8-11/h4-8,12H,9-10,15H2,1-3H3,(H,16,17)/t12-/m0/s1. The van der Waals surface area contributed by atoms with Crippen LogP contribution in [-0.4, -0.2) is 18.7 Å². The Labute approximate surface area is 109 Å². The zero-order valence-electron chi connectivity index (χ0n) is 11.3. The van der Waals surface area contributed by atoms with E-state index in [1.54, 1.807) is 0 Å². The van der Waals surface area contributed by atoms with Gasteiger partial charge < -0.3 is 15.8 Å². The number of carbonyl (C=O) groups excluding carboxylic acids is 1. The number of benzene rings is 1. The molecule has 0 radical (unpaired) electrons. The van der Waals surface area contributed by atoms with E-state index in [9.17, 15) is 4.79 Å². The molecular formula is C14H22N2O2. The Bertz CT molecular complexity index is 371. The molecule has 1 aromatic rings. The molecule has 1 amide bonds. The Kier molecular flexibility index (Phi) is 5.16. The Balaban J connectivity index is 2.42. The van der Waals surface area contributed by atoms with Crippen LogP contribution in [0.4, 0.5) is 4.79 Å². The molecule has 0 fully saturated rings. The van der Waals surface area contributed by atoms with Crippen LogP contribution in [0, 0.1) is 5.41 Å². The monoisotopic (exact) mass is 250 g/mol. The lowest BCUT2D eigenvalue weighted by Gasteiger charge is -2.29. The van der Waals surface area contributed by atoms with Gasteiger partial charge in [0, 0.05) is 12.6 Å². The molecule has 0 saturated carbocycles. The molecule has 1 aromatic carbocycles. The fourth-order valence-electron chi connectivity index (χ4n) is 1.54. The molecule has 1 atom stereocenters. The molecule has 0 unspecified atom stereocenters. The highest BCUT2D eigenvalue weighted by atomic mass is 16.5. The highest BCUT2D eigenvalue weighted by molar-refractivity contribution is 5.67. The summed E-state index contributed by atoms with van der Waals surface area (Å²) in [6, 6.07) is 9.48. The van der Waals surface area contributed by atoms with Crippen LogP contribution in [0.1, 0.15) is 26.3 Å². The molecular weight excluding hydrogens is 228 g/mol. The van der Waals surface area contributed by atoms with E-state index in [0.29, 0.717) is 6.54 Å². The Morgan fingerprint density at radius 2 is 1.94 bits per heavy atom. The normalized spacial score (nSPS) is 12.9. The quantitative estimate of drug-likeness (QED) is 0.861. The van der Waals surface area contributed by atoms with Gasteiger partial charge in [-0.3, -0.25) is 0 Å². The Morgan fingerprint density at radius 3 is 2.44 bits per heavy atom. The second-order valence-corrected chi connectivity index (χ2v) is 5.36. The van der Waals surface area contributed by atoms with Crippen molar-refractivity contribution >= 4 is 6.09 Å². The van der Waals surface area contributed by atoms with Crippen molar-refractivity contribution in [1.29, 1.82) is 0 Å². The predicted octanol–water partition coefficient (Wildman–Crippen LogP) is 2.29. The molecule has 4 heteroatoms. The Hall–Kier alpha value is -1.55. The molecule has 100 valence electrons. The topological polar surface area (TPSA) is 64.3 Å². The maximum Gasteiger partial charge on any atom is 0.407 e. The first-order valence-electron chi connectivity index (χ1n) is 6.11. The number of hydrogen-bond donors (Lipinski definition) is 2. The molecule has 0 bridgehead atoms. The average molecular weight is 250 g/mol. The Morgan fingerprint density at radius 1 is 1.33 bits per heavy atom. The first-order valence-corrected chi connectivity index (χ1v) is 6.11. The third-order valence-corrected chi connectivity index (χ3v) is 2.79. The van der Waals surface area contributed by atoms with E-state index < -0.39 is 6.09 Å². The molecule has 0 aromatic heterocycles. The summed E-state index contributed by atoms with van der Waals surface area (Å²) in [6.07, 6.45) is -0.427.